The van der Waals surface area contributed by atoms with Gasteiger partial charge in [0.05, 0.1) is 5.56 Å². The van der Waals surface area contributed by atoms with Crippen LogP contribution in [-0.2, 0) is 22.7 Å². The maximum atomic E-state index is 12.5. The maximum Gasteiger partial charge on any atom is 0.336 e. The van der Waals surface area contributed by atoms with Crippen molar-refractivity contribution in [2.75, 3.05) is 18.4 Å². The smallest absolute Gasteiger partial charge is 0.336 e. The van der Waals surface area contributed by atoms with Crippen LogP contribution in [0.25, 0.3) is 33.4 Å². The molecule has 2 aliphatic rings. The summed E-state index contributed by atoms with van der Waals surface area (Å²) >= 11 is 5.52. The van der Waals surface area contributed by atoms with Gasteiger partial charge in [0.25, 0.3) is 5.91 Å². The number of nitrogens with zero attached hydrogens (tertiary/aromatic N) is 1. The number of carbonyl (C=O) groups is 3. The van der Waals surface area contributed by atoms with E-state index < -0.39 is 17.8 Å². The van der Waals surface area contributed by atoms with Crippen molar-refractivity contribution in [3.8, 4) is 28.2 Å². The van der Waals surface area contributed by atoms with Gasteiger partial charge in [-0.05, 0) is 84.7 Å². The van der Waals surface area contributed by atoms with E-state index in [2.05, 4.69) is 28.1 Å². The van der Waals surface area contributed by atoms with Crippen LogP contribution in [0, 0.1) is 0 Å². The van der Waals surface area contributed by atoms with Crippen molar-refractivity contribution in [1.29, 1.82) is 0 Å². The molecule has 0 bridgehead atoms. The average molecular weight is 767 g/mol. The summed E-state index contributed by atoms with van der Waals surface area (Å²) in [6, 6.07) is 21.9. The molecule has 0 aromatic heterocycles. The number of fused-ring (bicyclic) bond motifs is 2. The third-order valence-corrected chi connectivity index (χ3v) is 9.10. The lowest BCUT2D eigenvalue weighted by Crippen LogP contribution is -2.28. The zero-order valence-electron chi connectivity index (χ0n) is 29.9. The Morgan fingerprint density at radius 1 is 0.782 bits per heavy atom. The third-order valence-electron chi connectivity index (χ3n) is 8.86. The number of hydrogen-bond donors (Lipinski definition) is 7. The van der Waals surface area contributed by atoms with E-state index in [1.807, 2.05) is 12.1 Å². The normalized spacial score (nSPS) is 11.2. The van der Waals surface area contributed by atoms with E-state index in [4.69, 9.17) is 21.7 Å². The standard InChI is InChI=1S/C41H42N4O9S/c46-29-12-15-32-35(22-29)54-36-23-30(47)13-16-33(36)39(32)31-14-11-28(21-34(31)40(51)52)44-41(55)43-25-27-9-7-26(8-10-27)24-42-19-5-3-1-2-4-6-20-45(53)37(48)17-18-38(49)50/h7-18,21-23,42,46,53H,1-6,19-20,24-25H2,(H,49,50)(H,51,52)(H2,43,44,55)/b18-17+. The van der Waals surface area contributed by atoms with Crippen molar-refractivity contribution in [2.24, 2.45) is 0 Å². The Morgan fingerprint density at radius 3 is 2.20 bits per heavy atom. The van der Waals surface area contributed by atoms with Crippen LogP contribution < -0.4 is 21.4 Å². The molecule has 3 aromatic rings. The molecular formula is C41H42N4O9S. The van der Waals surface area contributed by atoms with Crippen molar-refractivity contribution >= 4 is 51.8 Å². The second-order valence-corrected chi connectivity index (χ2v) is 13.3. The first-order valence-electron chi connectivity index (χ1n) is 17.8. The van der Waals surface area contributed by atoms with E-state index in [0.717, 1.165) is 62.4 Å². The summed E-state index contributed by atoms with van der Waals surface area (Å²) in [4.78, 5) is 46.7. The molecular weight excluding hydrogens is 725 g/mol. The van der Waals surface area contributed by atoms with Gasteiger partial charge in [0.15, 0.2) is 10.5 Å². The van der Waals surface area contributed by atoms with Crippen LogP contribution >= 0.6 is 12.2 Å². The molecule has 0 unspecified atom stereocenters. The van der Waals surface area contributed by atoms with Crippen LogP contribution in [-0.4, -0.2) is 61.6 Å². The third kappa shape index (κ3) is 11.5. The van der Waals surface area contributed by atoms with Gasteiger partial charge in [-0.2, -0.15) is 0 Å². The summed E-state index contributed by atoms with van der Waals surface area (Å²) in [7, 11) is 0. The maximum absolute atomic E-state index is 12.5. The van der Waals surface area contributed by atoms with Gasteiger partial charge in [0.1, 0.15) is 17.1 Å². The van der Waals surface area contributed by atoms with E-state index in [-0.39, 0.29) is 29.0 Å². The van der Waals surface area contributed by atoms with Crippen molar-refractivity contribution in [1.82, 2.24) is 15.7 Å². The van der Waals surface area contributed by atoms with Gasteiger partial charge in [0, 0.05) is 66.1 Å². The number of hydroxylamine groups is 2. The average Bonchev–Trinajstić information content (AvgIpc) is 3.16. The number of aromatic hydroxyl groups is 1. The Morgan fingerprint density at radius 2 is 1.47 bits per heavy atom. The number of aromatic carboxylic acids is 1. The number of phenols is 1. The van der Waals surface area contributed by atoms with E-state index >= 15 is 0 Å². The Bertz CT molecular complexity index is 2220. The number of thiocarbonyl (C=S) groups is 1. The number of nitrogens with one attached hydrogen (secondary N) is 3. The molecule has 1 aliphatic carbocycles. The number of carbonyl (C=O) groups excluding carboxylic acids is 1. The van der Waals surface area contributed by atoms with Crippen molar-refractivity contribution in [3.05, 3.63) is 118 Å². The van der Waals surface area contributed by atoms with Gasteiger partial charge in [-0.15, -0.1) is 0 Å². The van der Waals surface area contributed by atoms with Crippen LogP contribution in [0.5, 0.6) is 5.75 Å². The number of carboxylic acid groups (broad SMARTS) is 2. The summed E-state index contributed by atoms with van der Waals surface area (Å²) in [5, 5.41) is 49.6. The largest absolute Gasteiger partial charge is 0.508 e. The molecule has 0 saturated carbocycles. The van der Waals surface area contributed by atoms with Gasteiger partial charge in [0.2, 0.25) is 0 Å². The van der Waals surface area contributed by atoms with Crippen molar-refractivity contribution in [2.45, 2.75) is 51.6 Å². The molecule has 1 aliphatic heterocycles. The predicted molar refractivity (Wildman–Crippen MR) is 212 cm³/mol. The summed E-state index contributed by atoms with van der Waals surface area (Å²) in [6.45, 7) is 2.23. The Balaban J connectivity index is 1.06. The summed E-state index contributed by atoms with van der Waals surface area (Å²) in [6.07, 6.45) is 7.15. The highest BCUT2D eigenvalue weighted by Gasteiger charge is 2.22. The second kappa shape index (κ2) is 19.3. The molecule has 1 heterocycles. The monoisotopic (exact) mass is 766 g/mol. The zero-order valence-corrected chi connectivity index (χ0v) is 30.7. The first kappa shape index (κ1) is 40.1. The highest BCUT2D eigenvalue weighted by Crippen LogP contribution is 2.42. The zero-order chi connectivity index (χ0) is 39.3. The molecule has 0 spiro atoms. The molecule has 14 heteroatoms. The van der Waals surface area contributed by atoms with Crippen LogP contribution in [0.2, 0.25) is 0 Å². The van der Waals surface area contributed by atoms with E-state index in [9.17, 15) is 34.6 Å². The first-order chi connectivity index (χ1) is 26.5. The van der Waals surface area contributed by atoms with E-state index in [1.165, 1.54) is 30.3 Å². The predicted octanol–water partition coefficient (Wildman–Crippen LogP) is 6.74. The molecule has 286 valence electrons. The number of unbranched alkanes of at least 4 members (excludes halogenated alkanes) is 5. The number of aliphatic carboxylic acids is 1. The van der Waals surface area contributed by atoms with Gasteiger partial charge in [-0.1, -0.05) is 56.0 Å². The molecule has 0 atom stereocenters. The lowest BCUT2D eigenvalue weighted by atomic mass is 9.90. The second-order valence-electron chi connectivity index (χ2n) is 12.9. The van der Waals surface area contributed by atoms with E-state index in [0.29, 0.717) is 62.6 Å². The number of carboxylic acids is 2. The van der Waals surface area contributed by atoms with Crippen molar-refractivity contribution in [3.63, 3.8) is 0 Å². The Kier molecular flexibility index (Phi) is 14.1. The molecule has 0 radical (unpaired) electrons. The quantitative estimate of drug-likeness (QED) is 0.0124. The summed E-state index contributed by atoms with van der Waals surface area (Å²) in [5.74, 6) is -2.90. The number of amides is 1. The van der Waals surface area contributed by atoms with Gasteiger partial charge in [-0.25, -0.2) is 14.7 Å². The Labute approximate surface area is 322 Å². The minimum Gasteiger partial charge on any atom is -0.508 e. The van der Waals surface area contributed by atoms with Crippen LogP contribution in [0.4, 0.5) is 5.69 Å². The topological polar surface area (TPSA) is 202 Å². The lowest BCUT2D eigenvalue weighted by molar-refractivity contribution is -0.159. The minimum atomic E-state index is -1.24. The lowest BCUT2D eigenvalue weighted by Gasteiger charge is -2.18. The van der Waals surface area contributed by atoms with Crippen LogP contribution in [0.1, 0.15) is 60.0 Å². The summed E-state index contributed by atoms with van der Waals surface area (Å²) in [5.41, 5.74) is 4.21. The molecule has 5 rings (SSSR count). The molecule has 0 saturated heterocycles. The fraction of sp³-hybridized carbons (Fsp3) is 0.244. The molecule has 7 N–H and O–H groups in total. The van der Waals surface area contributed by atoms with Gasteiger partial charge >= 0.3 is 11.9 Å². The number of rotatable bonds is 18. The number of anilines is 1. The van der Waals surface area contributed by atoms with Crippen LogP contribution in [0.3, 0.4) is 0 Å². The summed E-state index contributed by atoms with van der Waals surface area (Å²) < 4.78 is 5.91. The van der Waals surface area contributed by atoms with Gasteiger partial charge in [-0.3, -0.25) is 14.8 Å². The van der Waals surface area contributed by atoms with Gasteiger partial charge < -0.3 is 35.7 Å². The van der Waals surface area contributed by atoms with Crippen LogP contribution in [0.15, 0.2) is 100 Å². The first-order valence-corrected chi connectivity index (χ1v) is 18.2. The number of benzene rings is 4. The molecule has 3 aromatic carbocycles. The SMILES string of the molecule is O=C(O)/C=C/C(=O)N(O)CCCCCCCCNCc1ccc(CNC(=S)Nc2ccc(-c3c4ccc(=O)cc-4oc4cc(O)ccc34)c(C(=O)O)c2)cc1. The minimum absolute atomic E-state index is 0.0117. The fourth-order valence-corrected chi connectivity index (χ4v) is 6.28. The molecule has 0 fully saturated rings. The highest BCUT2D eigenvalue weighted by atomic mass is 32.1. The molecule has 13 nitrogen and oxygen atoms in total. The Hall–Kier alpha value is -6.09. The highest BCUT2D eigenvalue weighted by molar-refractivity contribution is 7.80. The number of hydrogen-bond acceptors (Lipinski definition) is 9. The molecule has 55 heavy (non-hydrogen) atoms. The van der Waals surface area contributed by atoms with E-state index in [1.54, 1.807) is 24.3 Å². The fourth-order valence-electron chi connectivity index (χ4n) is 6.09. The van der Waals surface area contributed by atoms with Crippen molar-refractivity contribution < 1.29 is 39.3 Å². The number of phenolic OH excluding ortho intramolecular Hbond substituents is 1. The molecule has 1 amide bonds.